The first-order valence-corrected chi connectivity index (χ1v) is 4.77. The molecule has 0 aliphatic carbocycles. The molecule has 0 radical (unpaired) electrons. The zero-order chi connectivity index (χ0) is 10.1. The van der Waals surface area contributed by atoms with E-state index in [9.17, 15) is 0 Å². The van der Waals surface area contributed by atoms with Gasteiger partial charge in [0.15, 0.2) is 5.11 Å². The summed E-state index contributed by atoms with van der Waals surface area (Å²) in [6.45, 7) is 4.70. The van der Waals surface area contributed by atoms with E-state index in [1.807, 2.05) is 44.2 Å². The molecule has 1 rings (SSSR count). The third-order valence-electron chi connectivity index (χ3n) is 1.31. The topological polar surface area (TPSA) is 38.0 Å². The smallest absolute Gasteiger partial charge is 0.163 e. The molecule has 0 saturated carbocycles. The lowest BCUT2D eigenvalue weighted by molar-refractivity contribution is 0.920. The number of nitrogens with one attached hydrogen (secondary N) is 1. The van der Waals surface area contributed by atoms with Crippen molar-refractivity contribution in [1.29, 1.82) is 0 Å². The van der Waals surface area contributed by atoms with Gasteiger partial charge in [-0.1, -0.05) is 44.2 Å². The zero-order valence-corrected chi connectivity index (χ0v) is 8.90. The molecule has 0 heterocycles. The highest BCUT2D eigenvalue weighted by Crippen LogP contribution is 1.96. The van der Waals surface area contributed by atoms with Crippen molar-refractivity contribution >= 4 is 17.3 Å². The molecule has 2 nitrogen and oxygen atoms in total. The van der Waals surface area contributed by atoms with Crippen LogP contribution in [0.1, 0.15) is 19.4 Å². The van der Waals surface area contributed by atoms with Crippen molar-refractivity contribution in [1.82, 2.24) is 5.32 Å². The van der Waals surface area contributed by atoms with Gasteiger partial charge in [0.25, 0.3) is 0 Å². The van der Waals surface area contributed by atoms with Gasteiger partial charge in [-0.05, 0) is 17.8 Å². The molecule has 0 unspecified atom stereocenters. The fraction of sp³-hybridized carbons (Fsp3) is 0.300. The van der Waals surface area contributed by atoms with Gasteiger partial charge in [0.1, 0.15) is 0 Å². The van der Waals surface area contributed by atoms with Gasteiger partial charge in [0.2, 0.25) is 0 Å². The van der Waals surface area contributed by atoms with Crippen molar-refractivity contribution in [2.45, 2.75) is 20.4 Å². The van der Waals surface area contributed by atoms with Crippen molar-refractivity contribution in [3.8, 4) is 0 Å². The molecule has 13 heavy (non-hydrogen) atoms. The second-order valence-electron chi connectivity index (χ2n) is 2.20. The van der Waals surface area contributed by atoms with E-state index in [0.29, 0.717) is 11.7 Å². The first-order valence-electron chi connectivity index (χ1n) is 4.36. The SMILES string of the molecule is CC.NC(=S)NCc1ccccc1. The molecule has 72 valence electrons. The van der Waals surface area contributed by atoms with Crippen molar-refractivity contribution in [2.75, 3.05) is 0 Å². The van der Waals surface area contributed by atoms with E-state index >= 15 is 0 Å². The fourth-order valence-corrected chi connectivity index (χ4v) is 0.857. The molecule has 1 aromatic rings. The first-order chi connectivity index (χ1) is 6.29. The second-order valence-corrected chi connectivity index (χ2v) is 2.64. The highest BCUT2D eigenvalue weighted by atomic mass is 32.1. The maximum absolute atomic E-state index is 5.26. The summed E-state index contributed by atoms with van der Waals surface area (Å²) in [6.07, 6.45) is 0. The van der Waals surface area contributed by atoms with E-state index < -0.39 is 0 Å². The molecule has 1 aromatic carbocycles. The maximum atomic E-state index is 5.26. The van der Waals surface area contributed by atoms with E-state index in [4.69, 9.17) is 5.73 Å². The van der Waals surface area contributed by atoms with Crippen molar-refractivity contribution < 1.29 is 0 Å². The molecule has 0 bridgehead atoms. The van der Waals surface area contributed by atoms with Crippen LogP contribution in [0.25, 0.3) is 0 Å². The number of thiocarbonyl (C=S) groups is 1. The van der Waals surface area contributed by atoms with Crippen LogP contribution in [0.3, 0.4) is 0 Å². The third-order valence-corrected chi connectivity index (χ3v) is 1.45. The summed E-state index contributed by atoms with van der Waals surface area (Å²) in [5.74, 6) is 0. The molecule has 0 fully saturated rings. The van der Waals surface area contributed by atoms with E-state index in [1.165, 1.54) is 5.56 Å². The average Bonchev–Trinajstić information content (AvgIpc) is 2.19. The van der Waals surface area contributed by atoms with Crippen LogP contribution in [0, 0.1) is 0 Å². The summed E-state index contributed by atoms with van der Waals surface area (Å²) >= 11 is 4.66. The molecular formula is C10H16N2S. The van der Waals surface area contributed by atoms with Gasteiger partial charge >= 0.3 is 0 Å². The summed E-state index contributed by atoms with van der Waals surface area (Å²) in [5.41, 5.74) is 6.44. The minimum atomic E-state index is 0.342. The minimum Gasteiger partial charge on any atom is -0.376 e. The molecule has 0 atom stereocenters. The van der Waals surface area contributed by atoms with Gasteiger partial charge in [-0.25, -0.2) is 0 Å². The van der Waals surface area contributed by atoms with Crippen molar-refractivity contribution in [2.24, 2.45) is 5.73 Å². The Bertz CT molecular complexity index is 234. The Morgan fingerprint density at radius 3 is 2.31 bits per heavy atom. The predicted molar refractivity (Wildman–Crippen MR) is 61.4 cm³/mol. The summed E-state index contributed by atoms with van der Waals surface area (Å²) in [4.78, 5) is 0. The summed E-state index contributed by atoms with van der Waals surface area (Å²) < 4.78 is 0. The Hall–Kier alpha value is -1.09. The largest absolute Gasteiger partial charge is 0.376 e. The zero-order valence-electron chi connectivity index (χ0n) is 8.08. The summed E-state index contributed by atoms with van der Waals surface area (Å²) in [5, 5.41) is 3.21. The van der Waals surface area contributed by atoms with Crippen LogP contribution >= 0.6 is 12.2 Å². The van der Waals surface area contributed by atoms with E-state index in [-0.39, 0.29) is 0 Å². The van der Waals surface area contributed by atoms with Gasteiger partial charge in [-0.2, -0.15) is 0 Å². The summed E-state index contributed by atoms with van der Waals surface area (Å²) in [6, 6.07) is 9.98. The molecule has 0 saturated heterocycles. The quantitative estimate of drug-likeness (QED) is 0.711. The van der Waals surface area contributed by atoms with Crippen LogP contribution in [0.4, 0.5) is 0 Å². The second kappa shape index (κ2) is 7.55. The third kappa shape index (κ3) is 6.11. The van der Waals surface area contributed by atoms with Gasteiger partial charge < -0.3 is 11.1 Å². The van der Waals surface area contributed by atoms with Crippen LogP contribution in [0.5, 0.6) is 0 Å². The Labute approximate surface area is 85.1 Å². The molecule has 0 aliphatic heterocycles. The normalized spacial score (nSPS) is 8.15. The highest BCUT2D eigenvalue weighted by Gasteiger charge is 1.89. The van der Waals surface area contributed by atoms with Crippen LogP contribution in [0.2, 0.25) is 0 Å². The monoisotopic (exact) mass is 196 g/mol. The fourth-order valence-electron chi connectivity index (χ4n) is 0.785. The minimum absolute atomic E-state index is 0.342. The number of rotatable bonds is 2. The molecule has 3 N–H and O–H groups in total. The maximum Gasteiger partial charge on any atom is 0.163 e. The van der Waals surface area contributed by atoms with Gasteiger partial charge in [-0.3, -0.25) is 0 Å². The van der Waals surface area contributed by atoms with E-state index in [0.717, 1.165) is 0 Å². The van der Waals surface area contributed by atoms with Crippen LogP contribution in [-0.4, -0.2) is 5.11 Å². The van der Waals surface area contributed by atoms with E-state index in [1.54, 1.807) is 0 Å². The van der Waals surface area contributed by atoms with Crippen LogP contribution < -0.4 is 11.1 Å². The van der Waals surface area contributed by atoms with Gasteiger partial charge in [0, 0.05) is 6.54 Å². The number of hydrogen-bond acceptors (Lipinski definition) is 1. The number of benzene rings is 1. The Balaban J connectivity index is 0.000000671. The Morgan fingerprint density at radius 1 is 1.31 bits per heavy atom. The molecule has 3 heteroatoms. The molecule has 0 amide bonds. The standard InChI is InChI=1S/C8H10N2S.C2H6/c9-8(11)10-6-7-4-2-1-3-5-7;1-2/h1-5H,6H2,(H3,9,10,11);1-2H3. The Morgan fingerprint density at radius 2 is 1.85 bits per heavy atom. The molecule has 0 aromatic heterocycles. The van der Waals surface area contributed by atoms with E-state index in [2.05, 4.69) is 17.5 Å². The molecular weight excluding hydrogens is 180 g/mol. The van der Waals surface area contributed by atoms with Crippen molar-refractivity contribution in [3.05, 3.63) is 35.9 Å². The summed E-state index contributed by atoms with van der Waals surface area (Å²) in [7, 11) is 0. The van der Waals surface area contributed by atoms with Crippen LogP contribution in [-0.2, 0) is 6.54 Å². The van der Waals surface area contributed by atoms with Crippen molar-refractivity contribution in [3.63, 3.8) is 0 Å². The number of nitrogens with two attached hydrogens (primary N) is 1. The Kier molecular flexibility index (Phi) is 6.92. The lowest BCUT2D eigenvalue weighted by Gasteiger charge is -2.02. The highest BCUT2D eigenvalue weighted by molar-refractivity contribution is 7.80. The lowest BCUT2D eigenvalue weighted by atomic mass is 10.2. The average molecular weight is 196 g/mol. The lowest BCUT2D eigenvalue weighted by Crippen LogP contribution is -2.28. The van der Waals surface area contributed by atoms with Gasteiger partial charge in [-0.15, -0.1) is 0 Å². The predicted octanol–water partition coefficient (Wildman–Crippen LogP) is 2.05. The van der Waals surface area contributed by atoms with Crippen LogP contribution in [0.15, 0.2) is 30.3 Å². The number of hydrogen-bond donors (Lipinski definition) is 2. The molecule has 0 aliphatic rings. The molecule has 0 spiro atoms. The van der Waals surface area contributed by atoms with Gasteiger partial charge in [0.05, 0.1) is 0 Å². The first kappa shape index (κ1) is 11.9.